The summed E-state index contributed by atoms with van der Waals surface area (Å²) in [6.45, 7) is 2.62. The lowest BCUT2D eigenvalue weighted by Gasteiger charge is -2.16. The lowest BCUT2D eigenvalue weighted by atomic mass is 10.2. The zero-order chi connectivity index (χ0) is 19.5. The van der Waals surface area contributed by atoms with Crippen LogP contribution < -0.4 is 10.2 Å². The minimum Gasteiger partial charge on any atom is -0.321 e. The molecule has 0 saturated carbocycles. The highest BCUT2D eigenvalue weighted by molar-refractivity contribution is 7.14. The molecule has 5 nitrogen and oxygen atoms in total. The number of nitrogens with one attached hydrogen (secondary N) is 1. The van der Waals surface area contributed by atoms with Gasteiger partial charge in [-0.2, -0.15) is 0 Å². The van der Waals surface area contributed by atoms with E-state index in [0.717, 1.165) is 35.8 Å². The van der Waals surface area contributed by atoms with Crippen molar-refractivity contribution in [3.8, 4) is 0 Å². The largest absolute Gasteiger partial charge is 0.321 e. The van der Waals surface area contributed by atoms with Crippen molar-refractivity contribution in [2.24, 2.45) is 0 Å². The topological polar surface area (TPSA) is 62.3 Å². The molecule has 0 bridgehead atoms. The number of aryl methyl sites for hydroxylation is 1. The second-order valence-corrected chi connectivity index (χ2v) is 7.92. The number of anilines is 2. The van der Waals surface area contributed by atoms with Crippen molar-refractivity contribution in [3.05, 3.63) is 75.7 Å². The first-order valence-corrected chi connectivity index (χ1v) is 10.1. The predicted molar refractivity (Wildman–Crippen MR) is 112 cm³/mol. The van der Waals surface area contributed by atoms with E-state index in [4.69, 9.17) is 0 Å². The molecule has 0 unspecified atom stereocenters. The Morgan fingerprint density at radius 2 is 1.89 bits per heavy atom. The first-order chi connectivity index (χ1) is 13.6. The number of hydrogen-bond acceptors (Lipinski definition) is 4. The molecule has 1 aliphatic heterocycles. The van der Waals surface area contributed by atoms with Gasteiger partial charge in [0.2, 0.25) is 5.91 Å². The van der Waals surface area contributed by atoms with Crippen molar-refractivity contribution in [1.82, 2.24) is 4.98 Å². The van der Waals surface area contributed by atoms with Crippen molar-refractivity contribution in [1.29, 1.82) is 0 Å². The number of hydrogen-bond donors (Lipinski definition) is 1. The third-order valence-corrected chi connectivity index (χ3v) is 5.91. The van der Waals surface area contributed by atoms with Crippen LogP contribution in [-0.2, 0) is 11.2 Å². The molecular weight excluding hydrogens is 370 g/mol. The first-order valence-electron chi connectivity index (χ1n) is 9.32. The van der Waals surface area contributed by atoms with Crippen LogP contribution in [0.2, 0.25) is 0 Å². The second-order valence-electron chi connectivity index (χ2n) is 6.83. The Bertz CT molecular complexity index is 996. The van der Waals surface area contributed by atoms with Crippen LogP contribution in [0.3, 0.4) is 0 Å². The fourth-order valence-electron chi connectivity index (χ4n) is 3.34. The minimum atomic E-state index is -0.153. The van der Waals surface area contributed by atoms with Crippen molar-refractivity contribution in [3.63, 3.8) is 0 Å². The number of thiazole rings is 1. The molecule has 2 aromatic carbocycles. The second kappa shape index (κ2) is 7.94. The molecule has 6 heteroatoms. The molecule has 0 atom stereocenters. The quantitative estimate of drug-likeness (QED) is 0.700. The summed E-state index contributed by atoms with van der Waals surface area (Å²) in [4.78, 5) is 31.5. The van der Waals surface area contributed by atoms with E-state index in [0.29, 0.717) is 17.0 Å². The number of benzene rings is 2. The van der Waals surface area contributed by atoms with Gasteiger partial charge in [0.15, 0.2) is 0 Å². The zero-order valence-electron chi connectivity index (χ0n) is 15.6. The Hall–Kier alpha value is -2.99. The van der Waals surface area contributed by atoms with Gasteiger partial charge in [-0.3, -0.25) is 9.59 Å². The van der Waals surface area contributed by atoms with Crippen LogP contribution in [0.25, 0.3) is 0 Å². The molecular formula is C22H21N3O2S. The Balaban J connectivity index is 1.44. The summed E-state index contributed by atoms with van der Waals surface area (Å²) in [7, 11) is 0. The van der Waals surface area contributed by atoms with E-state index in [1.165, 1.54) is 16.9 Å². The van der Waals surface area contributed by atoms with Gasteiger partial charge in [-0.25, -0.2) is 4.98 Å². The third kappa shape index (κ3) is 3.97. The molecule has 1 N–H and O–H groups in total. The van der Waals surface area contributed by atoms with Crippen molar-refractivity contribution in [2.45, 2.75) is 26.2 Å². The summed E-state index contributed by atoms with van der Waals surface area (Å²) >= 11 is 1.43. The third-order valence-electron chi connectivity index (χ3n) is 4.76. The van der Waals surface area contributed by atoms with Crippen LogP contribution in [0.1, 0.15) is 38.8 Å². The van der Waals surface area contributed by atoms with Gasteiger partial charge in [0.25, 0.3) is 5.91 Å². The first kappa shape index (κ1) is 18.4. The van der Waals surface area contributed by atoms with E-state index in [2.05, 4.69) is 22.4 Å². The van der Waals surface area contributed by atoms with Gasteiger partial charge in [0.1, 0.15) is 4.88 Å². The fraction of sp³-hybridized carbons (Fsp3) is 0.227. The molecule has 2 heterocycles. The van der Waals surface area contributed by atoms with Gasteiger partial charge < -0.3 is 10.2 Å². The number of amides is 2. The van der Waals surface area contributed by atoms with Gasteiger partial charge in [-0.1, -0.05) is 30.3 Å². The van der Waals surface area contributed by atoms with Crippen LogP contribution in [0.15, 0.2) is 54.6 Å². The summed E-state index contributed by atoms with van der Waals surface area (Å²) in [6.07, 6.45) is 2.22. The predicted octanol–water partition coefficient (Wildman–Crippen LogP) is 4.42. The van der Waals surface area contributed by atoms with Crippen molar-refractivity contribution >= 4 is 34.5 Å². The maximum absolute atomic E-state index is 12.7. The van der Waals surface area contributed by atoms with E-state index in [1.54, 1.807) is 4.90 Å². The molecule has 2 amide bonds. The Morgan fingerprint density at radius 1 is 1.14 bits per heavy atom. The van der Waals surface area contributed by atoms with E-state index in [9.17, 15) is 9.59 Å². The number of aromatic nitrogens is 1. The number of carbonyl (C=O) groups is 2. The van der Waals surface area contributed by atoms with Crippen LogP contribution in [0.4, 0.5) is 11.4 Å². The minimum absolute atomic E-state index is 0.153. The fourth-order valence-corrected chi connectivity index (χ4v) is 4.34. The molecule has 0 radical (unpaired) electrons. The average Bonchev–Trinajstić information content (AvgIpc) is 3.28. The molecule has 0 aliphatic carbocycles. The maximum Gasteiger partial charge on any atom is 0.267 e. The van der Waals surface area contributed by atoms with Crippen molar-refractivity contribution < 1.29 is 9.59 Å². The van der Waals surface area contributed by atoms with Crippen LogP contribution in [-0.4, -0.2) is 23.3 Å². The van der Waals surface area contributed by atoms with Gasteiger partial charge in [-0.05, 0) is 43.2 Å². The molecule has 142 valence electrons. The summed E-state index contributed by atoms with van der Waals surface area (Å²) < 4.78 is 0. The molecule has 4 rings (SSSR count). The van der Waals surface area contributed by atoms with E-state index >= 15 is 0 Å². The summed E-state index contributed by atoms with van der Waals surface area (Å²) in [5, 5.41) is 3.86. The van der Waals surface area contributed by atoms with E-state index < -0.39 is 0 Å². The SMILES string of the molecule is Cc1nc(Cc2ccccc2)sc1C(=O)Nc1ccc(N2CCCC2=O)cc1. The van der Waals surface area contributed by atoms with Gasteiger partial charge in [0, 0.05) is 30.8 Å². The van der Waals surface area contributed by atoms with Crippen LogP contribution in [0, 0.1) is 6.92 Å². The summed E-state index contributed by atoms with van der Waals surface area (Å²) in [6, 6.07) is 17.5. The van der Waals surface area contributed by atoms with Crippen molar-refractivity contribution in [2.75, 3.05) is 16.8 Å². The average molecular weight is 391 g/mol. The Morgan fingerprint density at radius 3 is 2.57 bits per heavy atom. The van der Waals surface area contributed by atoms with Gasteiger partial charge >= 0.3 is 0 Å². The highest BCUT2D eigenvalue weighted by atomic mass is 32.1. The van der Waals surface area contributed by atoms with Gasteiger partial charge in [0.05, 0.1) is 10.7 Å². The highest BCUT2D eigenvalue weighted by Crippen LogP contribution is 2.25. The molecule has 0 spiro atoms. The summed E-state index contributed by atoms with van der Waals surface area (Å²) in [5.74, 6) is 0.00215. The van der Waals surface area contributed by atoms with Crippen LogP contribution in [0.5, 0.6) is 0 Å². The maximum atomic E-state index is 12.7. The Kier molecular flexibility index (Phi) is 5.21. The standard InChI is InChI=1S/C22H21N3O2S/c1-15-21(28-19(23-15)14-16-6-3-2-4-7-16)22(27)24-17-9-11-18(12-10-17)25-13-5-8-20(25)26/h2-4,6-7,9-12H,5,8,13-14H2,1H3,(H,24,27). The monoisotopic (exact) mass is 391 g/mol. The molecule has 1 saturated heterocycles. The highest BCUT2D eigenvalue weighted by Gasteiger charge is 2.21. The normalized spacial score (nSPS) is 13.8. The molecule has 3 aromatic rings. The molecule has 28 heavy (non-hydrogen) atoms. The number of rotatable bonds is 5. The lowest BCUT2D eigenvalue weighted by molar-refractivity contribution is -0.117. The zero-order valence-corrected chi connectivity index (χ0v) is 16.5. The Labute approximate surface area is 168 Å². The van der Waals surface area contributed by atoms with E-state index in [1.807, 2.05) is 49.4 Å². The molecule has 1 fully saturated rings. The molecule has 1 aromatic heterocycles. The van der Waals surface area contributed by atoms with Gasteiger partial charge in [-0.15, -0.1) is 11.3 Å². The number of carbonyl (C=O) groups excluding carboxylic acids is 2. The lowest BCUT2D eigenvalue weighted by Crippen LogP contribution is -2.23. The summed E-state index contributed by atoms with van der Waals surface area (Å²) in [5.41, 5.74) is 3.50. The van der Waals surface area contributed by atoms with Crippen LogP contribution >= 0.6 is 11.3 Å². The number of nitrogens with zero attached hydrogens (tertiary/aromatic N) is 2. The smallest absolute Gasteiger partial charge is 0.267 e. The molecule has 1 aliphatic rings. The van der Waals surface area contributed by atoms with E-state index in [-0.39, 0.29) is 11.8 Å².